The largest absolute Gasteiger partial charge is 0.490 e. The summed E-state index contributed by atoms with van der Waals surface area (Å²) in [6.07, 6.45) is 7.22. The highest BCUT2D eigenvalue weighted by molar-refractivity contribution is 5.71. The van der Waals surface area contributed by atoms with Gasteiger partial charge in [0.15, 0.2) is 0 Å². The van der Waals surface area contributed by atoms with Crippen LogP contribution in [-0.4, -0.2) is 36.2 Å². The molecule has 3 N–H and O–H groups in total. The zero-order valence-electron chi connectivity index (χ0n) is 13.7. The van der Waals surface area contributed by atoms with Gasteiger partial charge in [-0.2, -0.15) is 0 Å². The van der Waals surface area contributed by atoms with Crippen molar-refractivity contribution in [1.29, 1.82) is 0 Å². The van der Waals surface area contributed by atoms with Gasteiger partial charge in [-0.15, -0.1) is 0 Å². The summed E-state index contributed by atoms with van der Waals surface area (Å²) in [5, 5.41) is 2.81. The Morgan fingerprint density at radius 3 is 2.57 bits per heavy atom. The van der Waals surface area contributed by atoms with Gasteiger partial charge in [-0.1, -0.05) is 18.2 Å². The lowest BCUT2D eigenvalue weighted by Crippen LogP contribution is -2.46. The molecule has 1 aliphatic carbocycles. The molecule has 23 heavy (non-hydrogen) atoms. The lowest BCUT2D eigenvalue weighted by atomic mass is 10.0. The number of nitrogens with two attached hydrogens (primary N) is 1. The summed E-state index contributed by atoms with van der Waals surface area (Å²) >= 11 is 0. The molecule has 1 saturated heterocycles. The predicted molar refractivity (Wildman–Crippen MR) is 90.3 cm³/mol. The topological polar surface area (TPSA) is 67.6 Å². The van der Waals surface area contributed by atoms with E-state index in [0.29, 0.717) is 6.10 Å². The molecule has 0 bridgehead atoms. The highest BCUT2D eigenvalue weighted by atomic mass is 16.5. The van der Waals surface area contributed by atoms with E-state index in [0.717, 1.165) is 38.2 Å². The van der Waals surface area contributed by atoms with Crippen LogP contribution >= 0.6 is 0 Å². The van der Waals surface area contributed by atoms with Gasteiger partial charge in [0.2, 0.25) is 0 Å². The van der Waals surface area contributed by atoms with Gasteiger partial charge in [-0.3, -0.25) is 4.90 Å². The molecule has 0 radical (unpaired) electrons. The second kappa shape index (κ2) is 7.68. The first kappa shape index (κ1) is 16.1. The van der Waals surface area contributed by atoms with Crippen LogP contribution in [0.2, 0.25) is 0 Å². The number of para-hydroxylation sites is 1. The first-order chi connectivity index (χ1) is 11.2. The van der Waals surface area contributed by atoms with E-state index in [4.69, 9.17) is 10.5 Å². The Hall–Kier alpha value is -1.75. The van der Waals surface area contributed by atoms with Gasteiger partial charge in [0.1, 0.15) is 5.75 Å². The van der Waals surface area contributed by atoms with Crippen LogP contribution in [0.15, 0.2) is 24.3 Å². The van der Waals surface area contributed by atoms with Gasteiger partial charge in [-0.25, -0.2) is 4.79 Å². The van der Waals surface area contributed by atoms with E-state index in [2.05, 4.69) is 34.5 Å². The van der Waals surface area contributed by atoms with Gasteiger partial charge >= 0.3 is 6.03 Å². The average Bonchev–Trinajstić information content (AvgIpc) is 3.04. The molecule has 0 unspecified atom stereocenters. The smallest absolute Gasteiger partial charge is 0.312 e. The molecule has 1 saturated carbocycles. The fourth-order valence-electron chi connectivity index (χ4n) is 3.61. The van der Waals surface area contributed by atoms with Crippen LogP contribution in [0.1, 0.15) is 44.1 Å². The fraction of sp³-hybridized carbons (Fsp3) is 0.611. The molecule has 5 nitrogen and oxygen atoms in total. The summed E-state index contributed by atoms with van der Waals surface area (Å²) in [5.41, 5.74) is 6.46. The first-order valence-corrected chi connectivity index (χ1v) is 8.73. The molecule has 0 aromatic heterocycles. The van der Waals surface area contributed by atoms with Crippen molar-refractivity contribution in [2.24, 2.45) is 5.73 Å². The van der Waals surface area contributed by atoms with E-state index < -0.39 is 6.03 Å². The van der Waals surface area contributed by atoms with Gasteiger partial charge in [0.05, 0.1) is 6.10 Å². The number of hydrogen-bond acceptors (Lipinski definition) is 3. The molecule has 3 rings (SSSR count). The molecule has 2 aliphatic rings. The summed E-state index contributed by atoms with van der Waals surface area (Å²) in [4.78, 5) is 13.4. The number of primary amides is 1. The minimum Gasteiger partial charge on any atom is -0.490 e. The van der Waals surface area contributed by atoms with Crippen molar-refractivity contribution >= 4 is 6.03 Å². The highest BCUT2D eigenvalue weighted by Gasteiger charge is 2.22. The van der Waals surface area contributed by atoms with E-state index in [1.54, 1.807) is 0 Å². The summed E-state index contributed by atoms with van der Waals surface area (Å²) in [5.74, 6) is 1.04. The van der Waals surface area contributed by atoms with Crippen LogP contribution in [-0.2, 0) is 6.54 Å². The van der Waals surface area contributed by atoms with Gasteiger partial charge in [0.25, 0.3) is 0 Å². The van der Waals surface area contributed by atoms with Gasteiger partial charge in [0, 0.05) is 31.2 Å². The maximum absolute atomic E-state index is 10.9. The summed E-state index contributed by atoms with van der Waals surface area (Å²) in [6.45, 7) is 2.86. The molecular formula is C18H27N3O2. The number of ether oxygens (including phenoxy) is 1. The Morgan fingerprint density at radius 1 is 1.17 bits per heavy atom. The molecule has 2 amide bonds. The molecule has 1 heterocycles. The monoisotopic (exact) mass is 317 g/mol. The molecule has 126 valence electrons. The van der Waals surface area contributed by atoms with E-state index in [1.165, 1.54) is 31.2 Å². The second-order valence-electron chi connectivity index (χ2n) is 6.69. The number of carbonyl (C=O) groups excluding carboxylic acids is 1. The second-order valence-corrected chi connectivity index (χ2v) is 6.69. The maximum Gasteiger partial charge on any atom is 0.312 e. The molecular weight excluding hydrogens is 290 g/mol. The Bertz CT molecular complexity index is 521. The van der Waals surface area contributed by atoms with Crippen molar-refractivity contribution in [2.45, 2.75) is 57.2 Å². The predicted octanol–water partition coefficient (Wildman–Crippen LogP) is 2.64. The third-order valence-electron chi connectivity index (χ3n) is 4.90. The van der Waals surface area contributed by atoms with Crippen molar-refractivity contribution in [3.63, 3.8) is 0 Å². The zero-order chi connectivity index (χ0) is 16.1. The van der Waals surface area contributed by atoms with E-state index in [1.807, 2.05) is 0 Å². The van der Waals surface area contributed by atoms with Crippen molar-refractivity contribution in [1.82, 2.24) is 10.2 Å². The van der Waals surface area contributed by atoms with Crippen LogP contribution in [0.25, 0.3) is 0 Å². The van der Waals surface area contributed by atoms with Crippen molar-refractivity contribution in [3.05, 3.63) is 29.8 Å². The lowest BCUT2D eigenvalue weighted by molar-refractivity contribution is 0.179. The van der Waals surface area contributed by atoms with Gasteiger partial charge in [-0.05, 0) is 44.6 Å². The fourth-order valence-corrected chi connectivity index (χ4v) is 3.61. The summed E-state index contributed by atoms with van der Waals surface area (Å²) in [7, 11) is 0. The highest BCUT2D eigenvalue weighted by Crippen LogP contribution is 2.28. The Kier molecular flexibility index (Phi) is 5.39. The number of piperidine rings is 1. The summed E-state index contributed by atoms with van der Waals surface area (Å²) < 4.78 is 6.22. The standard InChI is InChI=1S/C18H27N3O2/c19-18(22)20-15-9-11-21(12-10-15)13-14-5-1-4-8-17(14)23-16-6-2-3-7-16/h1,4-5,8,15-16H,2-3,6-7,9-13H2,(H3,19,20,22). The molecule has 2 fully saturated rings. The lowest BCUT2D eigenvalue weighted by Gasteiger charge is -2.32. The number of benzene rings is 1. The Morgan fingerprint density at radius 2 is 1.87 bits per heavy atom. The van der Waals surface area contributed by atoms with Crippen molar-refractivity contribution < 1.29 is 9.53 Å². The minimum absolute atomic E-state index is 0.216. The molecule has 1 aliphatic heterocycles. The van der Waals surface area contributed by atoms with E-state index in [9.17, 15) is 4.79 Å². The quantitative estimate of drug-likeness (QED) is 0.877. The third-order valence-corrected chi connectivity index (χ3v) is 4.90. The molecule has 1 aromatic carbocycles. The van der Waals surface area contributed by atoms with Crippen LogP contribution in [0.3, 0.4) is 0 Å². The van der Waals surface area contributed by atoms with Crippen molar-refractivity contribution in [2.75, 3.05) is 13.1 Å². The number of nitrogens with zero attached hydrogens (tertiary/aromatic N) is 1. The summed E-state index contributed by atoms with van der Waals surface area (Å²) in [6, 6.07) is 8.19. The number of nitrogens with one attached hydrogen (secondary N) is 1. The number of rotatable bonds is 5. The number of urea groups is 1. The van der Waals surface area contributed by atoms with Crippen LogP contribution in [0, 0.1) is 0 Å². The van der Waals surface area contributed by atoms with E-state index >= 15 is 0 Å². The minimum atomic E-state index is -0.418. The number of amides is 2. The maximum atomic E-state index is 10.9. The number of carbonyl (C=O) groups is 1. The SMILES string of the molecule is NC(=O)NC1CCN(Cc2ccccc2OC2CCCC2)CC1. The Labute approximate surface area is 138 Å². The van der Waals surface area contributed by atoms with Crippen LogP contribution in [0.4, 0.5) is 4.79 Å². The van der Waals surface area contributed by atoms with E-state index in [-0.39, 0.29) is 6.04 Å². The normalized spacial score (nSPS) is 20.5. The zero-order valence-corrected chi connectivity index (χ0v) is 13.7. The first-order valence-electron chi connectivity index (χ1n) is 8.73. The van der Waals surface area contributed by atoms with Crippen LogP contribution in [0.5, 0.6) is 5.75 Å². The third kappa shape index (κ3) is 4.61. The van der Waals surface area contributed by atoms with Crippen LogP contribution < -0.4 is 15.8 Å². The van der Waals surface area contributed by atoms with Gasteiger partial charge < -0.3 is 15.8 Å². The number of likely N-dealkylation sites (tertiary alicyclic amines) is 1. The molecule has 5 heteroatoms. The molecule has 0 atom stereocenters. The van der Waals surface area contributed by atoms with Crippen molar-refractivity contribution in [3.8, 4) is 5.75 Å². The number of hydrogen-bond donors (Lipinski definition) is 2. The Balaban J connectivity index is 1.55. The molecule has 0 spiro atoms. The molecule has 1 aromatic rings. The average molecular weight is 317 g/mol.